The van der Waals surface area contributed by atoms with Crippen molar-refractivity contribution in [3.8, 4) is 6.07 Å². The average Bonchev–Trinajstić information content (AvgIpc) is 2.42. The minimum atomic E-state index is -0.865. The van der Waals surface area contributed by atoms with Crippen molar-refractivity contribution in [1.29, 1.82) is 5.26 Å². The number of nitriles is 1. The molecule has 0 saturated carbocycles. The highest BCUT2D eigenvalue weighted by atomic mass is 19.1. The van der Waals surface area contributed by atoms with Crippen molar-refractivity contribution in [2.24, 2.45) is 0 Å². The van der Waals surface area contributed by atoms with Crippen LogP contribution in [0.2, 0.25) is 0 Å². The fourth-order valence-corrected chi connectivity index (χ4v) is 2.09. The smallest absolute Gasteiger partial charge is 0.254 e. The lowest BCUT2D eigenvalue weighted by molar-refractivity contribution is 0.0881. The van der Waals surface area contributed by atoms with Gasteiger partial charge in [-0.15, -0.1) is 0 Å². The van der Waals surface area contributed by atoms with Crippen LogP contribution in [-0.4, -0.2) is 41.5 Å². The molecular weight excluding hydrogens is 247 g/mol. The summed E-state index contributed by atoms with van der Waals surface area (Å²) < 4.78 is 13.0. The van der Waals surface area contributed by atoms with Gasteiger partial charge in [0.1, 0.15) is 11.4 Å². The molecule has 6 heteroatoms. The molecule has 2 rings (SSSR count). The Hall–Kier alpha value is -2.00. The Morgan fingerprint density at radius 1 is 1.53 bits per heavy atom. The number of hydrogen-bond donors (Lipinski definition) is 1. The maximum Gasteiger partial charge on any atom is 0.254 e. The number of pyridine rings is 1. The number of nitrogens with one attached hydrogen (secondary N) is 1. The quantitative estimate of drug-likeness (QED) is 0.861. The van der Waals surface area contributed by atoms with E-state index in [4.69, 9.17) is 0 Å². The minimum Gasteiger partial charge on any atom is -0.334 e. The number of carbonyl (C=O) groups is 1. The number of aromatic nitrogens is 1. The van der Waals surface area contributed by atoms with E-state index in [0.29, 0.717) is 12.8 Å². The van der Waals surface area contributed by atoms with Crippen molar-refractivity contribution in [1.82, 2.24) is 15.2 Å². The van der Waals surface area contributed by atoms with E-state index in [1.807, 2.05) is 7.05 Å². The van der Waals surface area contributed by atoms with Gasteiger partial charge in [-0.1, -0.05) is 0 Å². The van der Waals surface area contributed by atoms with Crippen LogP contribution in [0.3, 0.4) is 0 Å². The van der Waals surface area contributed by atoms with E-state index < -0.39 is 17.3 Å². The second-order valence-corrected chi connectivity index (χ2v) is 4.84. The van der Waals surface area contributed by atoms with Crippen molar-refractivity contribution >= 4 is 5.91 Å². The van der Waals surface area contributed by atoms with Gasteiger partial charge >= 0.3 is 0 Å². The predicted molar refractivity (Wildman–Crippen MR) is 66.7 cm³/mol. The van der Waals surface area contributed by atoms with Crippen LogP contribution in [0.4, 0.5) is 4.39 Å². The van der Waals surface area contributed by atoms with Gasteiger partial charge in [0.05, 0.1) is 17.8 Å². The summed E-state index contributed by atoms with van der Waals surface area (Å²) in [4.78, 5) is 17.8. The lowest BCUT2D eigenvalue weighted by atomic mass is 9.89. The van der Waals surface area contributed by atoms with Crippen LogP contribution in [0.25, 0.3) is 0 Å². The third kappa shape index (κ3) is 3.06. The fraction of sp³-hybridized carbons (Fsp3) is 0.462. The molecular formula is C13H15FN4O. The summed E-state index contributed by atoms with van der Waals surface area (Å²) in [5.41, 5.74) is -0.732. The first kappa shape index (κ1) is 13.4. The molecule has 0 spiro atoms. The number of rotatable bonds is 2. The Labute approximate surface area is 111 Å². The molecule has 1 aliphatic heterocycles. The van der Waals surface area contributed by atoms with E-state index in [-0.39, 0.29) is 5.56 Å². The number of likely N-dealkylation sites (tertiary alicyclic amines) is 1. The molecule has 1 aromatic rings. The normalized spacial score (nSPS) is 18.6. The zero-order valence-corrected chi connectivity index (χ0v) is 10.7. The molecule has 100 valence electrons. The van der Waals surface area contributed by atoms with Crippen LogP contribution in [0.1, 0.15) is 23.2 Å². The molecule has 1 fully saturated rings. The molecule has 0 bridgehead atoms. The Bertz CT molecular complexity index is 518. The zero-order valence-electron chi connectivity index (χ0n) is 10.7. The van der Waals surface area contributed by atoms with E-state index in [9.17, 15) is 14.4 Å². The maximum atomic E-state index is 13.0. The van der Waals surface area contributed by atoms with Crippen LogP contribution in [0, 0.1) is 17.1 Å². The molecule has 1 N–H and O–H groups in total. The number of amides is 1. The van der Waals surface area contributed by atoms with E-state index in [1.54, 1.807) is 0 Å². The van der Waals surface area contributed by atoms with E-state index in [2.05, 4.69) is 21.3 Å². The van der Waals surface area contributed by atoms with Crippen molar-refractivity contribution in [2.75, 3.05) is 20.1 Å². The molecule has 0 atom stereocenters. The second kappa shape index (κ2) is 5.33. The van der Waals surface area contributed by atoms with Gasteiger partial charge in [-0.05, 0) is 26.0 Å². The number of piperidine rings is 1. The average molecular weight is 262 g/mol. The molecule has 1 aromatic heterocycles. The summed E-state index contributed by atoms with van der Waals surface area (Å²) in [6.45, 7) is 1.49. The molecule has 5 nitrogen and oxygen atoms in total. The van der Waals surface area contributed by atoms with Crippen LogP contribution >= 0.6 is 0 Å². The number of nitrogens with zero attached hydrogens (tertiary/aromatic N) is 3. The molecule has 2 heterocycles. The first-order chi connectivity index (χ1) is 9.04. The SMILES string of the molecule is CN1CCC(C#N)(NC(=O)c2cncc(F)c2)CC1. The van der Waals surface area contributed by atoms with Gasteiger partial charge in [0.25, 0.3) is 5.91 Å². The molecule has 0 unspecified atom stereocenters. The summed E-state index contributed by atoms with van der Waals surface area (Å²) in [5, 5.41) is 12.0. The topological polar surface area (TPSA) is 69.0 Å². The van der Waals surface area contributed by atoms with Crippen LogP contribution in [0.5, 0.6) is 0 Å². The molecule has 19 heavy (non-hydrogen) atoms. The summed E-state index contributed by atoms with van der Waals surface area (Å²) in [5.74, 6) is -1.03. The Kier molecular flexibility index (Phi) is 3.76. The van der Waals surface area contributed by atoms with Gasteiger partial charge in [0.15, 0.2) is 0 Å². The predicted octanol–water partition coefficient (Wildman–Crippen LogP) is 0.938. The van der Waals surface area contributed by atoms with E-state index in [0.717, 1.165) is 25.4 Å². The second-order valence-electron chi connectivity index (χ2n) is 4.84. The Morgan fingerprint density at radius 3 is 2.79 bits per heavy atom. The van der Waals surface area contributed by atoms with Crippen molar-refractivity contribution in [3.05, 3.63) is 29.8 Å². The summed E-state index contributed by atoms with van der Waals surface area (Å²) in [6, 6.07) is 3.29. The van der Waals surface area contributed by atoms with Crippen LogP contribution in [-0.2, 0) is 0 Å². The van der Waals surface area contributed by atoms with Crippen LogP contribution in [0.15, 0.2) is 18.5 Å². The summed E-state index contributed by atoms with van der Waals surface area (Å²) in [6.07, 6.45) is 3.45. The Morgan fingerprint density at radius 2 is 2.21 bits per heavy atom. The van der Waals surface area contributed by atoms with Crippen molar-refractivity contribution < 1.29 is 9.18 Å². The monoisotopic (exact) mass is 262 g/mol. The standard InChI is InChI=1S/C13H15FN4O/c1-18-4-2-13(9-15,3-5-18)17-12(19)10-6-11(14)8-16-7-10/h6-8H,2-5H2,1H3,(H,17,19). The highest BCUT2D eigenvalue weighted by Gasteiger charge is 2.35. The van der Waals surface area contributed by atoms with Gasteiger partial charge in [-0.2, -0.15) is 5.26 Å². The van der Waals surface area contributed by atoms with Gasteiger partial charge in [0.2, 0.25) is 0 Å². The molecule has 1 aliphatic rings. The number of halogens is 1. The highest BCUT2D eigenvalue weighted by molar-refractivity contribution is 5.94. The molecule has 0 aliphatic carbocycles. The first-order valence-corrected chi connectivity index (χ1v) is 6.07. The van der Waals surface area contributed by atoms with E-state index in [1.165, 1.54) is 6.20 Å². The van der Waals surface area contributed by atoms with Crippen LogP contribution < -0.4 is 5.32 Å². The summed E-state index contributed by atoms with van der Waals surface area (Å²) >= 11 is 0. The van der Waals surface area contributed by atoms with Gasteiger partial charge in [-0.25, -0.2) is 4.39 Å². The highest BCUT2D eigenvalue weighted by Crippen LogP contribution is 2.21. The third-order valence-corrected chi connectivity index (χ3v) is 3.37. The molecule has 1 saturated heterocycles. The minimum absolute atomic E-state index is 0.133. The number of hydrogen-bond acceptors (Lipinski definition) is 4. The van der Waals surface area contributed by atoms with E-state index >= 15 is 0 Å². The lowest BCUT2D eigenvalue weighted by Crippen LogP contribution is -2.53. The third-order valence-electron chi connectivity index (χ3n) is 3.37. The zero-order chi connectivity index (χ0) is 13.9. The molecule has 0 radical (unpaired) electrons. The van der Waals surface area contributed by atoms with Gasteiger partial charge < -0.3 is 10.2 Å². The molecule has 0 aromatic carbocycles. The largest absolute Gasteiger partial charge is 0.334 e. The first-order valence-electron chi connectivity index (χ1n) is 6.07. The molecule has 1 amide bonds. The number of carbonyl (C=O) groups excluding carboxylic acids is 1. The maximum absolute atomic E-state index is 13.0. The van der Waals surface area contributed by atoms with Crippen molar-refractivity contribution in [3.63, 3.8) is 0 Å². The summed E-state index contributed by atoms with van der Waals surface area (Å²) in [7, 11) is 1.97. The fourth-order valence-electron chi connectivity index (χ4n) is 2.09. The van der Waals surface area contributed by atoms with Crippen molar-refractivity contribution in [2.45, 2.75) is 18.4 Å². The van der Waals surface area contributed by atoms with Gasteiger partial charge in [-0.3, -0.25) is 9.78 Å². The Balaban J connectivity index is 2.11. The van der Waals surface area contributed by atoms with Gasteiger partial charge in [0, 0.05) is 19.3 Å². The lowest BCUT2D eigenvalue weighted by Gasteiger charge is -2.35.